The van der Waals surface area contributed by atoms with Crippen LogP contribution < -0.4 is 0 Å². The highest BCUT2D eigenvalue weighted by Gasteiger charge is 2.49. The monoisotopic (exact) mass is 303 g/mol. The summed E-state index contributed by atoms with van der Waals surface area (Å²) in [7, 11) is 0. The Bertz CT molecular complexity index is 586. The molecular formula is C15H13NO6. The van der Waals surface area contributed by atoms with Gasteiger partial charge in [0.25, 0.3) is 0 Å². The second kappa shape index (κ2) is 7.53. The molecule has 0 radical (unpaired) electrons. The number of aliphatic carboxylic acids is 2. The van der Waals surface area contributed by atoms with Crippen LogP contribution in [0.2, 0.25) is 0 Å². The fourth-order valence-corrected chi connectivity index (χ4v) is 2.13. The zero-order chi connectivity index (χ0) is 16.6. The smallest absolute Gasteiger partial charge is 0.330 e. The number of hydrogen-bond donors (Lipinski definition) is 3. The van der Waals surface area contributed by atoms with Gasteiger partial charge in [0.2, 0.25) is 5.41 Å². The average molecular weight is 303 g/mol. The second-order valence-corrected chi connectivity index (χ2v) is 4.17. The van der Waals surface area contributed by atoms with Crippen molar-refractivity contribution in [1.29, 1.82) is 0 Å². The summed E-state index contributed by atoms with van der Waals surface area (Å²) in [6, 6.07) is 16.0. The van der Waals surface area contributed by atoms with E-state index in [1.165, 1.54) is 29.6 Å². The molecule has 0 saturated carbocycles. The molecule has 2 aromatic rings. The molecule has 0 atom stereocenters. The standard InChI is InChI=1S/C15H12O4.HNO2/c16-13(17)15(14(18)19,11-7-3-1-4-8-11)12-9-5-2-6-10-12;2-1-3/h1-10H,(H,16,17)(H,18,19);(H,2,3). The van der Waals surface area contributed by atoms with Crippen LogP contribution in [-0.2, 0) is 15.0 Å². The molecule has 0 unspecified atom stereocenters. The normalized spacial score (nSPS) is 10.0. The summed E-state index contributed by atoms with van der Waals surface area (Å²) in [5, 5.41) is 26.9. The van der Waals surface area contributed by atoms with Crippen LogP contribution in [0, 0.1) is 4.91 Å². The number of nitrogens with zero attached hydrogens (tertiary/aromatic N) is 1. The molecule has 0 amide bonds. The molecule has 7 nitrogen and oxygen atoms in total. The summed E-state index contributed by atoms with van der Waals surface area (Å²) >= 11 is 0. The van der Waals surface area contributed by atoms with E-state index in [9.17, 15) is 19.8 Å². The van der Waals surface area contributed by atoms with Gasteiger partial charge in [-0.1, -0.05) is 60.7 Å². The highest BCUT2D eigenvalue weighted by molar-refractivity contribution is 6.08. The average Bonchev–Trinajstić information content (AvgIpc) is 2.50. The number of carboxylic acid groups (broad SMARTS) is 2. The number of hydrogen-bond acceptors (Lipinski definition) is 4. The number of carbonyl (C=O) groups is 2. The van der Waals surface area contributed by atoms with Gasteiger partial charge in [0, 0.05) is 0 Å². The quantitative estimate of drug-likeness (QED) is 0.452. The van der Waals surface area contributed by atoms with E-state index < -0.39 is 17.4 Å². The minimum atomic E-state index is -2.08. The first-order valence-electron chi connectivity index (χ1n) is 6.06. The summed E-state index contributed by atoms with van der Waals surface area (Å²) in [4.78, 5) is 31.5. The molecule has 22 heavy (non-hydrogen) atoms. The van der Waals surface area contributed by atoms with E-state index in [1.54, 1.807) is 36.4 Å². The SMILES string of the molecule is O=C(O)C(C(=O)O)(c1ccccc1)c1ccccc1.O=NO. The maximum atomic E-state index is 11.7. The topological polar surface area (TPSA) is 124 Å². The van der Waals surface area contributed by atoms with Crippen LogP contribution in [0.1, 0.15) is 11.1 Å². The van der Waals surface area contributed by atoms with Gasteiger partial charge < -0.3 is 15.4 Å². The lowest BCUT2D eigenvalue weighted by Crippen LogP contribution is -2.44. The van der Waals surface area contributed by atoms with Crippen molar-refractivity contribution in [1.82, 2.24) is 0 Å². The molecule has 0 aromatic heterocycles. The van der Waals surface area contributed by atoms with E-state index in [-0.39, 0.29) is 11.1 Å². The number of rotatable bonds is 4. The molecule has 0 saturated heterocycles. The van der Waals surface area contributed by atoms with Gasteiger partial charge in [0.15, 0.2) is 5.34 Å². The Balaban J connectivity index is 0.000000745. The Kier molecular flexibility index (Phi) is 5.76. The zero-order valence-corrected chi connectivity index (χ0v) is 11.3. The molecule has 114 valence electrons. The van der Waals surface area contributed by atoms with Crippen LogP contribution in [-0.4, -0.2) is 27.4 Å². The number of carboxylic acids is 2. The first kappa shape index (κ1) is 16.8. The van der Waals surface area contributed by atoms with Crippen LogP contribution in [0.5, 0.6) is 0 Å². The lowest BCUT2D eigenvalue weighted by molar-refractivity contribution is -0.155. The molecule has 3 N–H and O–H groups in total. The molecule has 0 aliphatic carbocycles. The fourth-order valence-electron chi connectivity index (χ4n) is 2.13. The predicted molar refractivity (Wildman–Crippen MR) is 76.5 cm³/mol. The lowest BCUT2D eigenvalue weighted by Gasteiger charge is -2.25. The third-order valence-corrected chi connectivity index (χ3v) is 3.06. The molecule has 0 aliphatic heterocycles. The van der Waals surface area contributed by atoms with Gasteiger partial charge in [0.05, 0.1) is 0 Å². The van der Waals surface area contributed by atoms with E-state index in [0.29, 0.717) is 0 Å². The van der Waals surface area contributed by atoms with Gasteiger partial charge in [-0.3, -0.25) is 9.59 Å². The van der Waals surface area contributed by atoms with Crippen molar-refractivity contribution in [2.45, 2.75) is 5.41 Å². The van der Waals surface area contributed by atoms with Crippen molar-refractivity contribution in [2.75, 3.05) is 0 Å². The predicted octanol–water partition coefficient (Wildman–Crippen LogP) is 2.28. The third-order valence-electron chi connectivity index (χ3n) is 3.06. The van der Waals surface area contributed by atoms with Gasteiger partial charge in [0.1, 0.15) is 0 Å². The molecule has 2 aromatic carbocycles. The first-order chi connectivity index (χ1) is 10.5. The minimum Gasteiger partial charge on any atom is -0.480 e. The van der Waals surface area contributed by atoms with E-state index >= 15 is 0 Å². The third kappa shape index (κ3) is 3.09. The largest absolute Gasteiger partial charge is 0.480 e. The van der Waals surface area contributed by atoms with E-state index in [2.05, 4.69) is 0 Å². The molecule has 0 fully saturated rings. The van der Waals surface area contributed by atoms with Crippen molar-refractivity contribution >= 4 is 11.9 Å². The van der Waals surface area contributed by atoms with Crippen LogP contribution in [0.25, 0.3) is 0 Å². The summed E-state index contributed by atoms with van der Waals surface area (Å²) in [6.07, 6.45) is 0. The van der Waals surface area contributed by atoms with E-state index in [0.717, 1.165) is 0 Å². The van der Waals surface area contributed by atoms with Gasteiger partial charge in [-0.05, 0) is 11.1 Å². The Labute approximate surface area is 125 Å². The first-order valence-corrected chi connectivity index (χ1v) is 6.06. The molecule has 0 heterocycles. The van der Waals surface area contributed by atoms with Crippen molar-refractivity contribution < 1.29 is 25.0 Å². The van der Waals surface area contributed by atoms with Gasteiger partial charge in [-0.2, -0.15) is 0 Å². The molecule has 0 bridgehead atoms. The van der Waals surface area contributed by atoms with Crippen molar-refractivity contribution in [3.05, 3.63) is 76.7 Å². The summed E-state index contributed by atoms with van der Waals surface area (Å²) in [6.45, 7) is 0. The summed E-state index contributed by atoms with van der Waals surface area (Å²) in [5.41, 5.74) is -1.63. The van der Waals surface area contributed by atoms with Crippen molar-refractivity contribution in [3.8, 4) is 0 Å². The Morgan fingerprint density at radius 1 is 0.773 bits per heavy atom. The molecular weight excluding hydrogens is 290 g/mol. The van der Waals surface area contributed by atoms with Crippen molar-refractivity contribution in [2.24, 2.45) is 5.34 Å². The van der Waals surface area contributed by atoms with Gasteiger partial charge >= 0.3 is 11.9 Å². The molecule has 2 rings (SSSR count). The van der Waals surface area contributed by atoms with E-state index in [1.807, 2.05) is 0 Å². The fraction of sp³-hybridized carbons (Fsp3) is 0.0667. The van der Waals surface area contributed by atoms with Crippen LogP contribution in [0.15, 0.2) is 66.0 Å². The summed E-state index contributed by atoms with van der Waals surface area (Å²) < 4.78 is 0. The van der Waals surface area contributed by atoms with Gasteiger partial charge in [-0.15, -0.1) is 4.91 Å². The number of benzene rings is 2. The Hall–Kier alpha value is -3.22. The summed E-state index contributed by atoms with van der Waals surface area (Å²) in [5.74, 6) is -2.81. The molecule has 7 heteroatoms. The maximum Gasteiger partial charge on any atom is 0.330 e. The highest BCUT2D eigenvalue weighted by atomic mass is 16.6. The zero-order valence-electron chi connectivity index (χ0n) is 11.3. The maximum absolute atomic E-state index is 11.7. The Morgan fingerprint density at radius 2 is 1.05 bits per heavy atom. The van der Waals surface area contributed by atoms with Crippen LogP contribution in [0.4, 0.5) is 0 Å². The minimum absolute atomic E-state index is 0.223. The van der Waals surface area contributed by atoms with Crippen molar-refractivity contribution in [3.63, 3.8) is 0 Å². The molecule has 0 spiro atoms. The second-order valence-electron chi connectivity index (χ2n) is 4.17. The lowest BCUT2D eigenvalue weighted by atomic mass is 9.74. The van der Waals surface area contributed by atoms with E-state index in [4.69, 9.17) is 10.1 Å². The van der Waals surface area contributed by atoms with Crippen LogP contribution >= 0.6 is 0 Å². The highest BCUT2D eigenvalue weighted by Crippen LogP contribution is 2.33. The Morgan fingerprint density at radius 3 is 1.27 bits per heavy atom. The molecule has 0 aliphatic rings. The van der Waals surface area contributed by atoms with Crippen LogP contribution in [0.3, 0.4) is 0 Å². The van der Waals surface area contributed by atoms with Gasteiger partial charge in [-0.25, -0.2) is 0 Å².